The van der Waals surface area contributed by atoms with Gasteiger partial charge in [-0.3, -0.25) is 9.36 Å². The Balaban J connectivity index is 1.95. The molecule has 0 unspecified atom stereocenters. The van der Waals surface area contributed by atoms with Gasteiger partial charge in [0.1, 0.15) is 0 Å². The maximum absolute atomic E-state index is 13.8. The lowest BCUT2D eigenvalue weighted by Crippen LogP contribution is -2.32. The van der Waals surface area contributed by atoms with E-state index in [2.05, 4.69) is 10.2 Å². The molecule has 0 fully saturated rings. The normalized spacial score (nSPS) is 14.6. The molecule has 4 rings (SSSR count). The summed E-state index contributed by atoms with van der Waals surface area (Å²) in [6.07, 6.45) is -3.41. The second-order valence-corrected chi connectivity index (χ2v) is 9.04. The molecule has 0 radical (unpaired) electrons. The number of nitrogens with zero attached hydrogens (tertiary/aromatic N) is 3. The summed E-state index contributed by atoms with van der Waals surface area (Å²) in [5.41, 5.74) is 5.68. The van der Waals surface area contributed by atoms with Gasteiger partial charge in [-0.15, -0.1) is 0 Å². The van der Waals surface area contributed by atoms with Gasteiger partial charge >= 0.3 is 11.0 Å². The van der Waals surface area contributed by atoms with Crippen molar-refractivity contribution < 1.29 is 23.4 Å². The Kier molecular flexibility index (Phi) is 6.63. The number of benzene rings is 2. The lowest BCUT2D eigenvalue weighted by molar-refractivity contribution is -0.138. The minimum Gasteiger partial charge on any atom is -0.493 e. The summed E-state index contributed by atoms with van der Waals surface area (Å²) in [6, 6.07) is 7.64. The third-order valence-electron chi connectivity index (χ3n) is 5.28. The summed E-state index contributed by atoms with van der Waals surface area (Å²) in [5.74, 6) is -0.435. The third-order valence-corrected chi connectivity index (χ3v) is 6.54. The van der Waals surface area contributed by atoms with E-state index in [0.717, 1.165) is 10.6 Å². The molecule has 1 aliphatic rings. The predicted molar refractivity (Wildman–Crippen MR) is 123 cm³/mol. The Bertz CT molecular complexity index is 1460. The summed E-state index contributed by atoms with van der Waals surface area (Å²) >= 11 is 6.51. The fourth-order valence-electron chi connectivity index (χ4n) is 3.61. The number of hydrogen-bond acceptors (Lipinski definition) is 7. The van der Waals surface area contributed by atoms with E-state index in [1.165, 1.54) is 18.3 Å². The van der Waals surface area contributed by atoms with E-state index in [-0.39, 0.29) is 28.4 Å². The molecule has 0 amide bonds. The van der Waals surface area contributed by atoms with Crippen molar-refractivity contribution in [2.24, 2.45) is 15.9 Å². The van der Waals surface area contributed by atoms with Gasteiger partial charge in [-0.05, 0) is 40.6 Å². The molecule has 0 aliphatic carbocycles. The first kappa shape index (κ1) is 24.1. The molecular formula is C22H18ClF3N4O3S. The molecule has 7 nitrogen and oxygen atoms in total. The summed E-state index contributed by atoms with van der Waals surface area (Å²) in [7, 11) is 0. The number of thiazole rings is 1. The third kappa shape index (κ3) is 4.78. The van der Waals surface area contributed by atoms with Crippen LogP contribution in [0.15, 0.2) is 51.4 Å². The highest BCUT2D eigenvalue weighted by atomic mass is 35.5. The van der Waals surface area contributed by atoms with Crippen LogP contribution in [0.1, 0.15) is 21.6 Å². The van der Waals surface area contributed by atoms with Crippen LogP contribution in [0.3, 0.4) is 0 Å². The predicted octanol–water partition coefficient (Wildman–Crippen LogP) is 2.02. The maximum Gasteiger partial charge on any atom is 0.416 e. The number of aromatic nitrogens is 1. The number of aliphatic hydroxyl groups excluding tert-OH is 1. The molecule has 12 heteroatoms. The average molecular weight is 511 g/mol. The van der Waals surface area contributed by atoms with Gasteiger partial charge in [0.15, 0.2) is 0 Å². The molecule has 1 aromatic heterocycles. The van der Waals surface area contributed by atoms with E-state index < -0.39 is 35.1 Å². The number of nitrogens with two attached hydrogens (primary N) is 1. The monoisotopic (exact) mass is 510 g/mol. The molecule has 0 spiro atoms. The summed E-state index contributed by atoms with van der Waals surface area (Å²) in [5, 5.41) is 28.9. The Morgan fingerprint density at radius 2 is 2.00 bits per heavy atom. The van der Waals surface area contributed by atoms with Crippen LogP contribution in [0, 0.1) is 0 Å². The number of aromatic hydroxyl groups is 1. The molecule has 1 atom stereocenters. The molecule has 4 N–H and O–H groups in total. The number of rotatable bonds is 6. The first-order chi connectivity index (χ1) is 16.1. The molecule has 34 heavy (non-hydrogen) atoms. The van der Waals surface area contributed by atoms with Crippen LogP contribution >= 0.6 is 22.9 Å². The van der Waals surface area contributed by atoms with Crippen molar-refractivity contribution in [3.63, 3.8) is 0 Å². The zero-order valence-electron chi connectivity index (χ0n) is 17.4. The highest BCUT2D eigenvalue weighted by Gasteiger charge is 2.34. The van der Waals surface area contributed by atoms with E-state index >= 15 is 0 Å². The SMILES string of the molecule is N[C@@H](CO)Cn1c(O)c(C(Cc2ccc(Cl)cc2C(F)(F)F)=c2ccc3c(c2)C=NN=3)sc1=O. The van der Waals surface area contributed by atoms with Crippen LogP contribution in [-0.2, 0) is 19.1 Å². The Hall–Kier alpha value is -2.99. The van der Waals surface area contributed by atoms with Gasteiger partial charge in [0.25, 0.3) is 0 Å². The molecule has 0 saturated heterocycles. The smallest absolute Gasteiger partial charge is 0.416 e. The van der Waals surface area contributed by atoms with Crippen molar-refractivity contribution in [2.45, 2.75) is 25.2 Å². The van der Waals surface area contributed by atoms with E-state index in [1.807, 2.05) is 0 Å². The Morgan fingerprint density at radius 1 is 1.24 bits per heavy atom. The van der Waals surface area contributed by atoms with Gasteiger partial charge in [0.05, 0.1) is 28.6 Å². The van der Waals surface area contributed by atoms with Gasteiger partial charge in [-0.1, -0.05) is 35.1 Å². The van der Waals surface area contributed by atoms with Crippen molar-refractivity contribution in [3.05, 3.63) is 83.2 Å². The van der Waals surface area contributed by atoms with Crippen LogP contribution in [0.25, 0.3) is 5.57 Å². The summed E-state index contributed by atoms with van der Waals surface area (Å²) in [6.45, 7) is -0.573. The minimum atomic E-state index is -4.66. The fraction of sp³-hybridized carbons (Fsp3) is 0.227. The van der Waals surface area contributed by atoms with Crippen LogP contribution in [0.4, 0.5) is 13.2 Å². The lowest BCUT2D eigenvalue weighted by Gasteiger charge is -2.15. The number of alkyl halides is 3. The first-order valence-corrected chi connectivity index (χ1v) is 11.2. The molecule has 178 valence electrons. The van der Waals surface area contributed by atoms with Crippen molar-refractivity contribution in [2.75, 3.05) is 6.61 Å². The van der Waals surface area contributed by atoms with E-state index in [4.69, 9.17) is 17.3 Å². The zero-order valence-corrected chi connectivity index (χ0v) is 19.0. The number of hydrogen-bond donors (Lipinski definition) is 3. The number of fused-ring (bicyclic) bond motifs is 1. The van der Waals surface area contributed by atoms with E-state index in [0.29, 0.717) is 33.0 Å². The number of aliphatic hydroxyl groups is 1. The maximum atomic E-state index is 13.8. The van der Waals surface area contributed by atoms with Gasteiger partial charge < -0.3 is 15.9 Å². The van der Waals surface area contributed by atoms with Gasteiger partial charge in [0.2, 0.25) is 5.88 Å². The highest BCUT2D eigenvalue weighted by molar-refractivity contribution is 7.10. The van der Waals surface area contributed by atoms with Crippen LogP contribution in [0.5, 0.6) is 5.88 Å². The van der Waals surface area contributed by atoms with Gasteiger partial charge in [-0.2, -0.15) is 23.4 Å². The Morgan fingerprint density at radius 3 is 2.71 bits per heavy atom. The van der Waals surface area contributed by atoms with Crippen LogP contribution in [0.2, 0.25) is 5.02 Å². The van der Waals surface area contributed by atoms with Crippen molar-refractivity contribution in [1.82, 2.24) is 4.57 Å². The van der Waals surface area contributed by atoms with Crippen molar-refractivity contribution in [3.8, 4) is 5.88 Å². The average Bonchev–Trinajstić information content (AvgIpc) is 3.36. The fourth-order valence-corrected chi connectivity index (χ4v) is 4.74. The second-order valence-electron chi connectivity index (χ2n) is 7.65. The molecular weight excluding hydrogens is 493 g/mol. The summed E-state index contributed by atoms with van der Waals surface area (Å²) in [4.78, 5) is 12.1. The minimum absolute atomic E-state index is 0.0652. The molecule has 3 aromatic rings. The van der Waals surface area contributed by atoms with E-state index in [9.17, 15) is 28.2 Å². The largest absolute Gasteiger partial charge is 0.493 e. The first-order valence-electron chi connectivity index (χ1n) is 9.98. The summed E-state index contributed by atoms with van der Waals surface area (Å²) < 4.78 is 42.3. The van der Waals surface area contributed by atoms with Gasteiger partial charge in [-0.25, -0.2) is 0 Å². The Labute approximate surface area is 199 Å². The quantitative estimate of drug-likeness (QED) is 0.471. The highest BCUT2D eigenvalue weighted by Crippen LogP contribution is 2.37. The topological polar surface area (TPSA) is 113 Å². The van der Waals surface area contributed by atoms with Crippen molar-refractivity contribution in [1.29, 1.82) is 0 Å². The molecule has 2 heterocycles. The van der Waals surface area contributed by atoms with E-state index in [1.54, 1.807) is 18.2 Å². The number of halogens is 4. The zero-order chi connectivity index (χ0) is 24.6. The molecule has 2 aromatic carbocycles. The molecule has 0 saturated carbocycles. The molecule has 0 bridgehead atoms. The van der Waals surface area contributed by atoms with Crippen LogP contribution in [-0.4, -0.2) is 33.6 Å². The molecule has 1 aliphatic heterocycles. The second kappa shape index (κ2) is 9.34. The van der Waals surface area contributed by atoms with Gasteiger partial charge in [0, 0.05) is 29.6 Å². The van der Waals surface area contributed by atoms with Crippen LogP contribution < -0.4 is 21.2 Å². The standard InChI is InChI=1S/C22H18ClF3N4O3S/c23-14-3-1-12(17(7-14)22(24,25)26)6-16(11-2-4-18-13(5-11)8-28-29-18)19-20(32)30(21(33)34-19)9-15(27)10-31/h1-5,7-8,15,31-32H,6,9-10,27H2/t15-/m1/s1. The lowest BCUT2D eigenvalue weighted by atomic mass is 9.96. The van der Waals surface area contributed by atoms with Crippen molar-refractivity contribution >= 4 is 34.7 Å².